The monoisotopic (exact) mass is 172 g/mol. The van der Waals surface area contributed by atoms with Crippen molar-refractivity contribution in [3.8, 4) is 0 Å². The van der Waals surface area contributed by atoms with Gasteiger partial charge in [0.25, 0.3) is 0 Å². The third-order valence-corrected chi connectivity index (χ3v) is 1.66. The molecule has 0 aliphatic rings. The SMILES string of the molecule is CCCCN(N)C(=O)C(C)(C)C. The predicted molar refractivity (Wildman–Crippen MR) is 50.3 cm³/mol. The second-order valence-corrected chi connectivity index (χ2v) is 4.10. The molecule has 0 fully saturated rings. The van der Waals surface area contributed by atoms with Gasteiger partial charge >= 0.3 is 0 Å². The third kappa shape index (κ3) is 3.72. The maximum atomic E-state index is 11.5. The minimum atomic E-state index is -0.359. The van der Waals surface area contributed by atoms with Crippen LogP contribution in [0.25, 0.3) is 0 Å². The van der Waals surface area contributed by atoms with Crippen molar-refractivity contribution in [2.24, 2.45) is 11.3 Å². The number of hydrazine groups is 1. The van der Waals surface area contributed by atoms with Crippen LogP contribution < -0.4 is 5.84 Å². The van der Waals surface area contributed by atoms with E-state index in [0.717, 1.165) is 12.8 Å². The van der Waals surface area contributed by atoms with E-state index in [0.29, 0.717) is 6.54 Å². The van der Waals surface area contributed by atoms with Gasteiger partial charge in [-0.3, -0.25) is 9.80 Å². The molecule has 0 aromatic rings. The molecule has 0 aliphatic heterocycles. The van der Waals surface area contributed by atoms with Crippen LogP contribution in [0.5, 0.6) is 0 Å². The van der Waals surface area contributed by atoms with Gasteiger partial charge in [0.15, 0.2) is 0 Å². The van der Waals surface area contributed by atoms with Crippen LogP contribution in [0.15, 0.2) is 0 Å². The van der Waals surface area contributed by atoms with E-state index in [2.05, 4.69) is 6.92 Å². The van der Waals surface area contributed by atoms with Gasteiger partial charge in [0.05, 0.1) is 0 Å². The van der Waals surface area contributed by atoms with Gasteiger partial charge in [-0.2, -0.15) is 0 Å². The van der Waals surface area contributed by atoms with E-state index in [-0.39, 0.29) is 11.3 Å². The van der Waals surface area contributed by atoms with Crippen molar-refractivity contribution in [3.05, 3.63) is 0 Å². The number of rotatable bonds is 3. The fraction of sp³-hybridized carbons (Fsp3) is 0.889. The molecule has 2 N–H and O–H groups in total. The highest BCUT2D eigenvalue weighted by atomic mass is 16.2. The fourth-order valence-corrected chi connectivity index (χ4v) is 0.861. The molecule has 1 amide bonds. The number of amides is 1. The minimum absolute atomic E-state index is 0.0101. The molecular weight excluding hydrogens is 152 g/mol. The van der Waals surface area contributed by atoms with E-state index in [1.165, 1.54) is 5.01 Å². The fourth-order valence-electron chi connectivity index (χ4n) is 0.861. The summed E-state index contributed by atoms with van der Waals surface area (Å²) in [6.07, 6.45) is 2.03. The lowest BCUT2D eigenvalue weighted by Crippen LogP contribution is -2.44. The third-order valence-electron chi connectivity index (χ3n) is 1.66. The van der Waals surface area contributed by atoms with E-state index in [9.17, 15) is 4.79 Å². The quantitative estimate of drug-likeness (QED) is 0.399. The lowest BCUT2D eigenvalue weighted by atomic mass is 9.95. The van der Waals surface area contributed by atoms with Crippen LogP contribution in [0.2, 0.25) is 0 Å². The molecular formula is C9H20N2O. The Morgan fingerprint density at radius 2 is 1.92 bits per heavy atom. The van der Waals surface area contributed by atoms with Crippen LogP contribution in [0.3, 0.4) is 0 Å². The summed E-state index contributed by atoms with van der Waals surface area (Å²) in [4.78, 5) is 11.5. The normalized spacial score (nSPS) is 11.4. The van der Waals surface area contributed by atoms with Crippen molar-refractivity contribution >= 4 is 5.91 Å². The number of hydrogen-bond donors (Lipinski definition) is 1. The highest BCUT2D eigenvalue weighted by molar-refractivity contribution is 5.80. The molecule has 0 aromatic heterocycles. The zero-order valence-corrected chi connectivity index (χ0v) is 8.55. The van der Waals surface area contributed by atoms with Crippen molar-refractivity contribution in [3.63, 3.8) is 0 Å². The highest BCUT2D eigenvalue weighted by Gasteiger charge is 2.24. The lowest BCUT2D eigenvalue weighted by molar-refractivity contribution is -0.139. The second-order valence-electron chi connectivity index (χ2n) is 4.10. The number of carbonyl (C=O) groups is 1. The molecule has 0 rings (SSSR count). The van der Waals surface area contributed by atoms with Gasteiger partial charge in [-0.25, -0.2) is 5.84 Å². The molecule has 12 heavy (non-hydrogen) atoms. The van der Waals surface area contributed by atoms with Crippen LogP contribution >= 0.6 is 0 Å². The summed E-state index contributed by atoms with van der Waals surface area (Å²) in [6, 6.07) is 0. The van der Waals surface area contributed by atoms with Crippen molar-refractivity contribution in [1.82, 2.24) is 5.01 Å². The maximum Gasteiger partial charge on any atom is 0.241 e. The zero-order valence-electron chi connectivity index (χ0n) is 8.55. The average Bonchev–Trinajstić information content (AvgIpc) is 1.97. The number of carbonyl (C=O) groups excluding carboxylic acids is 1. The van der Waals surface area contributed by atoms with Gasteiger partial charge in [-0.1, -0.05) is 34.1 Å². The molecule has 0 heterocycles. The van der Waals surface area contributed by atoms with E-state index in [1.54, 1.807) is 0 Å². The summed E-state index contributed by atoms with van der Waals surface area (Å²) < 4.78 is 0. The molecule has 0 bridgehead atoms. The van der Waals surface area contributed by atoms with E-state index in [4.69, 9.17) is 5.84 Å². The van der Waals surface area contributed by atoms with Crippen molar-refractivity contribution in [2.45, 2.75) is 40.5 Å². The molecule has 3 heteroatoms. The zero-order chi connectivity index (χ0) is 9.78. The predicted octanol–water partition coefficient (Wildman–Crippen LogP) is 1.53. The number of hydrogen-bond acceptors (Lipinski definition) is 2. The first kappa shape index (κ1) is 11.4. The Hall–Kier alpha value is -0.570. The van der Waals surface area contributed by atoms with Gasteiger partial charge < -0.3 is 0 Å². The number of nitrogens with two attached hydrogens (primary N) is 1. The summed E-state index contributed by atoms with van der Waals surface area (Å²) in [6.45, 7) is 8.37. The van der Waals surface area contributed by atoms with Gasteiger partial charge in [-0.05, 0) is 6.42 Å². The first-order valence-corrected chi connectivity index (χ1v) is 4.46. The largest absolute Gasteiger partial charge is 0.280 e. The molecule has 0 saturated carbocycles. The van der Waals surface area contributed by atoms with Gasteiger partial charge in [0, 0.05) is 12.0 Å². The summed E-state index contributed by atoms with van der Waals surface area (Å²) in [5.41, 5.74) is -0.359. The lowest BCUT2D eigenvalue weighted by Gasteiger charge is -2.25. The molecule has 0 radical (unpaired) electrons. The number of nitrogens with zero attached hydrogens (tertiary/aromatic N) is 1. The molecule has 0 spiro atoms. The standard InChI is InChI=1S/C9H20N2O/c1-5-6-7-11(10)8(12)9(2,3)4/h5-7,10H2,1-4H3. The van der Waals surface area contributed by atoms with E-state index >= 15 is 0 Å². The Kier molecular flexibility index (Phi) is 4.24. The first-order chi connectivity index (χ1) is 5.39. The molecule has 3 nitrogen and oxygen atoms in total. The van der Waals surface area contributed by atoms with E-state index in [1.807, 2.05) is 20.8 Å². The van der Waals surface area contributed by atoms with Gasteiger partial charge in [0.2, 0.25) is 5.91 Å². The Morgan fingerprint density at radius 1 is 1.42 bits per heavy atom. The molecule has 0 aliphatic carbocycles. The Morgan fingerprint density at radius 3 is 2.25 bits per heavy atom. The van der Waals surface area contributed by atoms with E-state index < -0.39 is 0 Å². The highest BCUT2D eigenvalue weighted by Crippen LogP contribution is 2.15. The van der Waals surface area contributed by atoms with Crippen LogP contribution in [0.1, 0.15) is 40.5 Å². The average molecular weight is 172 g/mol. The van der Waals surface area contributed by atoms with Crippen molar-refractivity contribution in [1.29, 1.82) is 0 Å². The van der Waals surface area contributed by atoms with Crippen molar-refractivity contribution < 1.29 is 4.79 Å². The molecule has 0 atom stereocenters. The minimum Gasteiger partial charge on any atom is -0.280 e. The van der Waals surface area contributed by atoms with Gasteiger partial charge in [-0.15, -0.1) is 0 Å². The number of unbranched alkanes of at least 4 members (excludes halogenated alkanes) is 1. The molecule has 0 saturated heterocycles. The second kappa shape index (κ2) is 4.45. The first-order valence-electron chi connectivity index (χ1n) is 4.46. The smallest absolute Gasteiger partial charge is 0.241 e. The van der Waals surface area contributed by atoms with Crippen LogP contribution in [-0.4, -0.2) is 17.5 Å². The Balaban J connectivity index is 3.94. The van der Waals surface area contributed by atoms with Crippen molar-refractivity contribution in [2.75, 3.05) is 6.54 Å². The van der Waals surface area contributed by atoms with Gasteiger partial charge in [0.1, 0.15) is 0 Å². The molecule has 72 valence electrons. The molecule has 0 aromatic carbocycles. The topological polar surface area (TPSA) is 46.3 Å². The summed E-state index contributed by atoms with van der Waals surface area (Å²) >= 11 is 0. The van der Waals surface area contributed by atoms with Crippen LogP contribution in [0, 0.1) is 5.41 Å². The van der Waals surface area contributed by atoms with Crippen LogP contribution in [-0.2, 0) is 4.79 Å². The summed E-state index contributed by atoms with van der Waals surface area (Å²) in [7, 11) is 0. The Labute approximate surface area is 74.9 Å². The molecule has 0 unspecified atom stereocenters. The summed E-state index contributed by atoms with van der Waals surface area (Å²) in [5, 5.41) is 1.32. The maximum absolute atomic E-state index is 11.5. The Bertz CT molecular complexity index is 149. The summed E-state index contributed by atoms with van der Waals surface area (Å²) in [5.74, 6) is 5.58. The van der Waals surface area contributed by atoms with Crippen LogP contribution in [0.4, 0.5) is 0 Å².